The Labute approximate surface area is 195 Å². The number of rotatable bonds is 9. The van der Waals surface area contributed by atoms with Crippen molar-refractivity contribution in [1.29, 1.82) is 0 Å². The van der Waals surface area contributed by atoms with E-state index >= 15 is 0 Å². The van der Waals surface area contributed by atoms with Gasteiger partial charge in [-0.3, -0.25) is 9.99 Å². The van der Waals surface area contributed by atoms with Gasteiger partial charge in [0.1, 0.15) is 11.5 Å². The van der Waals surface area contributed by atoms with Gasteiger partial charge in [0.15, 0.2) is 0 Å². The van der Waals surface area contributed by atoms with Gasteiger partial charge in [-0.05, 0) is 35.9 Å². The van der Waals surface area contributed by atoms with Crippen LogP contribution in [-0.4, -0.2) is 33.4 Å². The van der Waals surface area contributed by atoms with Crippen LogP contribution in [0, 0.1) is 5.82 Å². The molecule has 0 atom stereocenters. The molecule has 0 amide bonds. The summed E-state index contributed by atoms with van der Waals surface area (Å²) < 4.78 is 19.9. The summed E-state index contributed by atoms with van der Waals surface area (Å²) in [6.07, 6.45) is 3.15. The van der Waals surface area contributed by atoms with Gasteiger partial charge in [0, 0.05) is 36.6 Å². The number of halogens is 1. The number of nitrogens with zero attached hydrogens (tertiary/aromatic N) is 4. The van der Waals surface area contributed by atoms with Gasteiger partial charge < -0.3 is 20.7 Å². The third-order valence-electron chi connectivity index (χ3n) is 5.02. The molecule has 2 aromatic carbocycles. The van der Waals surface area contributed by atoms with Gasteiger partial charge in [0.2, 0.25) is 5.82 Å². The molecule has 174 valence electrons. The number of aliphatic hydroxyl groups excluding tert-OH is 1. The highest BCUT2D eigenvalue weighted by Crippen LogP contribution is 2.30. The van der Waals surface area contributed by atoms with Gasteiger partial charge in [-0.15, -0.1) is 0 Å². The molecule has 2 heterocycles. The lowest BCUT2D eigenvalue weighted by atomic mass is 10.1. The summed E-state index contributed by atoms with van der Waals surface area (Å²) in [7, 11) is 0. The minimum atomic E-state index is -0.512. The fraction of sp³-hybridized carbons (Fsp3) is 0.125. The standard InChI is InChI=1S/C24H24FN7O2/c25-19-6-1-2-7-20(19)32(27)22(17-8-10-28-11-9-17)21(26)24-30-23(31-34-24)18-5-3-4-16(14-18)15-29-12-13-33/h1-11,14,29,33H,12-13,15,26-27H2/b22-21-. The smallest absolute Gasteiger partial charge is 0.276 e. The number of hydrogen-bond donors (Lipinski definition) is 4. The third-order valence-corrected chi connectivity index (χ3v) is 5.02. The molecule has 0 radical (unpaired) electrons. The van der Waals surface area contributed by atoms with Crippen molar-refractivity contribution in [2.75, 3.05) is 18.2 Å². The highest BCUT2D eigenvalue weighted by atomic mass is 19.1. The summed E-state index contributed by atoms with van der Waals surface area (Å²) in [6.45, 7) is 1.13. The summed E-state index contributed by atoms with van der Waals surface area (Å²) in [4.78, 5) is 8.47. The number of nitrogens with two attached hydrogens (primary N) is 2. The second kappa shape index (κ2) is 10.7. The summed E-state index contributed by atoms with van der Waals surface area (Å²) in [6, 6.07) is 17.1. The Morgan fingerprint density at radius 1 is 1.09 bits per heavy atom. The van der Waals surface area contributed by atoms with Gasteiger partial charge in [-0.1, -0.05) is 35.5 Å². The molecular formula is C24H24FN7O2. The van der Waals surface area contributed by atoms with Crippen molar-refractivity contribution in [3.05, 3.63) is 95.9 Å². The molecule has 2 aromatic heterocycles. The van der Waals surface area contributed by atoms with Gasteiger partial charge in [-0.2, -0.15) is 4.98 Å². The lowest BCUT2D eigenvalue weighted by Crippen LogP contribution is -2.32. The number of pyridine rings is 1. The van der Waals surface area contributed by atoms with Crippen LogP contribution in [0.25, 0.3) is 22.8 Å². The monoisotopic (exact) mass is 461 g/mol. The zero-order valence-electron chi connectivity index (χ0n) is 18.2. The molecule has 9 nitrogen and oxygen atoms in total. The van der Waals surface area contributed by atoms with Crippen LogP contribution >= 0.6 is 0 Å². The fourth-order valence-corrected chi connectivity index (χ4v) is 3.39. The highest BCUT2D eigenvalue weighted by Gasteiger charge is 2.22. The van der Waals surface area contributed by atoms with E-state index in [2.05, 4.69) is 20.4 Å². The van der Waals surface area contributed by atoms with E-state index in [1.54, 1.807) is 42.7 Å². The van der Waals surface area contributed by atoms with Crippen molar-refractivity contribution in [3.8, 4) is 11.4 Å². The number of para-hydroxylation sites is 1. The predicted molar refractivity (Wildman–Crippen MR) is 127 cm³/mol. The maximum atomic E-state index is 14.5. The SMILES string of the molecule is N/C(=C(/c1ccncc1)N(N)c1ccccc1F)c1nc(-c2cccc(CNCCO)c2)no1. The largest absolute Gasteiger partial charge is 0.395 e. The average molecular weight is 462 g/mol. The highest BCUT2D eigenvalue weighted by molar-refractivity contribution is 5.93. The molecule has 0 aliphatic rings. The zero-order valence-corrected chi connectivity index (χ0v) is 18.2. The molecule has 0 unspecified atom stereocenters. The van der Waals surface area contributed by atoms with E-state index in [4.69, 9.17) is 21.2 Å². The first-order valence-electron chi connectivity index (χ1n) is 10.5. The minimum absolute atomic E-state index is 0.0393. The molecule has 0 fully saturated rings. The van der Waals surface area contributed by atoms with Crippen molar-refractivity contribution in [1.82, 2.24) is 20.4 Å². The fourth-order valence-electron chi connectivity index (χ4n) is 3.39. The Balaban J connectivity index is 1.72. The average Bonchev–Trinajstić information content (AvgIpc) is 3.36. The van der Waals surface area contributed by atoms with E-state index in [1.165, 1.54) is 6.07 Å². The molecule has 0 aliphatic heterocycles. The topological polar surface area (TPSA) is 139 Å². The van der Waals surface area contributed by atoms with E-state index in [0.717, 1.165) is 16.1 Å². The van der Waals surface area contributed by atoms with Crippen LogP contribution in [0.2, 0.25) is 0 Å². The Morgan fingerprint density at radius 2 is 1.88 bits per heavy atom. The van der Waals surface area contributed by atoms with Crippen LogP contribution in [0.5, 0.6) is 0 Å². The second-order valence-corrected chi connectivity index (χ2v) is 7.34. The molecule has 10 heteroatoms. The first-order valence-corrected chi connectivity index (χ1v) is 10.5. The van der Waals surface area contributed by atoms with Crippen molar-refractivity contribution in [3.63, 3.8) is 0 Å². The molecular weight excluding hydrogens is 437 g/mol. The van der Waals surface area contributed by atoms with Gasteiger partial charge in [-0.25, -0.2) is 10.2 Å². The zero-order chi connectivity index (χ0) is 23.9. The minimum Gasteiger partial charge on any atom is -0.395 e. The maximum Gasteiger partial charge on any atom is 0.276 e. The van der Waals surface area contributed by atoms with Gasteiger partial charge in [0.25, 0.3) is 5.89 Å². The van der Waals surface area contributed by atoms with Crippen molar-refractivity contribution in [2.24, 2.45) is 11.6 Å². The van der Waals surface area contributed by atoms with E-state index in [1.807, 2.05) is 24.3 Å². The molecule has 0 aliphatic carbocycles. The van der Waals surface area contributed by atoms with Crippen LogP contribution < -0.4 is 21.9 Å². The Bertz CT molecular complexity index is 1280. The molecule has 0 bridgehead atoms. The quantitative estimate of drug-likeness (QED) is 0.168. The first kappa shape index (κ1) is 23.1. The molecule has 34 heavy (non-hydrogen) atoms. The molecule has 4 rings (SSSR count). The summed E-state index contributed by atoms with van der Waals surface area (Å²) in [5.41, 5.74) is 9.25. The van der Waals surface area contributed by atoms with Gasteiger partial charge in [0.05, 0.1) is 18.0 Å². The van der Waals surface area contributed by atoms with Crippen molar-refractivity contribution < 1.29 is 14.0 Å². The van der Waals surface area contributed by atoms with Crippen LogP contribution in [0.3, 0.4) is 0 Å². The molecule has 0 saturated heterocycles. The van der Waals surface area contributed by atoms with Gasteiger partial charge >= 0.3 is 0 Å². The lowest BCUT2D eigenvalue weighted by molar-refractivity contribution is 0.292. The summed E-state index contributed by atoms with van der Waals surface area (Å²) in [5, 5.41) is 17.3. The Morgan fingerprint density at radius 3 is 2.65 bits per heavy atom. The van der Waals surface area contributed by atoms with Crippen LogP contribution in [0.15, 0.2) is 77.6 Å². The number of aromatic nitrogens is 3. The number of nitrogens with one attached hydrogen (secondary N) is 1. The number of aliphatic hydroxyl groups is 1. The molecule has 4 aromatic rings. The summed E-state index contributed by atoms with van der Waals surface area (Å²) in [5.74, 6) is 6.19. The van der Waals surface area contributed by atoms with Crippen molar-refractivity contribution in [2.45, 2.75) is 6.54 Å². The van der Waals surface area contributed by atoms with E-state index < -0.39 is 5.82 Å². The predicted octanol–water partition coefficient (Wildman–Crippen LogP) is 2.52. The van der Waals surface area contributed by atoms with Crippen LogP contribution in [-0.2, 0) is 6.54 Å². The number of hydrazine groups is 1. The van der Waals surface area contributed by atoms with Crippen LogP contribution in [0.1, 0.15) is 17.0 Å². The van der Waals surface area contributed by atoms with Crippen LogP contribution in [0.4, 0.5) is 10.1 Å². The molecule has 0 saturated carbocycles. The maximum absolute atomic E-state index is 14.5. The normalized spacial score (nSPS) is 11.9. The molecule has 0 spiro atoms. The Kier molecular flexibility index (Phi) is 7.23. The van der Waals surface area contributed by atoms with E-state index in [9.17, 15) is 4.39 Å². The van der Waals surface area contributed by atoms with Crippen molar-refractivity contribution >= 4 is 17.1 Å². The number of hydrogen-bond acceptors (Lipinski definition) is 9. The lowest BCUT2D eigenvalue weighted by Gasteiger charge is -2.23. The Hall–Kier alpha value is -4.12. The van der Waals surface area contributed by atoms with E-state index in [0.29, 0.717) is 24.5 Å². The third kappa shape index (κ3) is 5.09. The second-order valence-electron chi connectivity index (χ2n) is 7.34. The number of anilines is 1. The first-order chi connectivity index (χ1) is 16.6. The summed E-state index contributed by atoms with van der Waals surface area (Å²) >= 11 is 0. The number of benzene rings is 2. The molecule has 6 N–H and O–H groups in total. The van der Waals surface area contributed by atoms with E-state index in [-0.39, 0.29) is 29.6 Å².